The number of unbranched alkanes of at least 4 members (excludes halogenated alkanes) is 1. The molecule has 0 atom stereocenters. The smallest absolute Gasteiger partial charge is 0.119 e. The zero-order valence-electron chi connectivity index (χ0n) is 12.3. The molecular weight excluding hydrogens is 234 g/mol. The largest absolute Gasteiger partial charge is 0.494 e. The standard InChI is InChI=1S/C17H25NO/c1-5-7-13-19-16-11-9-15(10-12-16)18-17(8-6-2)14(3)4/h8-12,18H,3,5-7,13H2,1-2,4H3/b17-8+. The normalized spacial score (nSPS) is 11.2. The summed E-state index contributed by atoms with van der Waals surface area (Å²) in [7, 11) is 0. The number of benzene rings is 1. The minimum absolute atomic E-state index is 0.788. The summed E-state index contributed by atoms with van der Waals surface area (Å²) in [6, 6.07) is 8.07. The Kier molecular flexibility index (Phi) is 6.80. The molecule has 2 nitrogen and oxygen atoms in total. The van der Waals surface area contributed by atoms with Crippen LogP contribution in [-0.2, 0) is 0 Å². The van der Waals surface area contributed by atoms with Crippen LogP contribution in [0.1, 0.15) is 40.0 Å². The van der Waals surface area contributed by atoms with Gasteiger partial charge in [0.15, 0.2) is 0 Å². The van der Waals surface area contributed by atoms with Crippen LogP contribution in [-0.4, -0.2) is 6.61 Å². The van der Waals surface area contributed by atoms with E-state index in [4.69, 9.17) is 4.74 Å². The minimum atomic E-state index is 0.788. The lowest BCUT2D eigenvalue weighted by Gasteiger charge is -2.12. The van der Waals surface area contributed by atoms with Gasteiger partial charge < -0.3 is 10.1 Å². The first kappa shape index (κ1) is 15.4. The predicted molar refractivity (Wildman–Crippen MR) is 83.7 cm³/mol. The van der Waals surface area contributed by atoms with E-state index in [2.05, 4.69) is 31.8 Å². The van der Waals surface area contributed by atoms with Crippen LogP contribution >= 0.6 is 0 Å². The Morgan fingerprint density at radius 1 is 1.26 bits per heavy atom. The van der Waals surface area contributed by atoms with Crippen molar-refractivity contribution in [3.05, 3.63) is 48.2 Å². The van der Waals surface area contributed by atoms with E-state index in [-0.39, 0.29) is 0 Å². The zero-order valence-corrected chi connectivity index (χ0v) is 12.3. The van der Waals surface area contributed by atoms with Gasteiger partial charge in [-0.1, -0.05) is 32.9 Å². The number of nitrogens with one attached hydrogen (secondary N) is 1. The SMILES string of the molecule is C=C(C)/C(=C\CC)Nc1ccc(OCCCC)cc1. The molecule has 19 heavy (non-hydrogen) atoms. The molecule has 104 valence electrons. The summed E-state index contributed by atoms with van der Waals surface area (Å²) in [5.41, 5.74) is 3.19. The molecule has 0 bridgehead atoms. The van der Waals surface area contributed by atoms with Gasteiger partial charge in [-0.25, -0.2) is 0 Å². The third-order valence-electron chi connectivity index (χ3n) is 2.77. The van der Waals surface area contributed by atoms with E-state index in [0.29, 0.717) is 0 Å². The van der Waals surface area contributed by atoms with Gasteiger partial charge in [0.05, 0.1) is 6.61 Å². The number of anilines is 1. The maximum atomic E-state index is 5.64. The quantitative estimate of drug-likeness (QED) is 0.515. The van der Waals surface area contributed by atoms with E-state index in [9.17, 15) is 0 Å². The average molecular weight is 259 g/mol. The minimum Gasteiger partial charge on any atom is -0.494 e. The average Bonchev–Trinajstić information content (AvgIpc) is 2.40. The summed E-state index contributed by atoms with van der Waals surface area (Å²) in [6.07, 6.45) is 5.39. The van der Waals surface area contributed by atoms with Crippen LogP contribution in [0.3, 0.4) is 0 Å². The number of hydrogen-bond acceptors (Lipinski definition) is 2. The van der Waals surface area contributed by atoms with Gasteiger partial charge in [0.2, 0.25) is 0 Å². The van der Waals surface area contributed by atoms with E-state index in [1.54, 1.807) is 0 Å². The molecule has 0 fully saturated rings. The number of hydrogen-bond donors (Lipinski definition) is 1. The molecule has 1 rings (SSSR count). The molecule has 0 aliphatic heterocycles. The van der Waals surface area contributed by atoms with Gasteiger partial charge in [0.25, 0.3) is 0 Å². The Hall–Kier alpha value is -1.70. The van der Waals surface area contributed by atoms with Gasteiger partial charge in [-0.05, 0) is 49.6 Å². The van der Waals surface area contributed by atoms with Crippen molar-refractivity contribution in [2.24, 2.45) is 0 Å². The van der Waals surface area contributed by atoms with Crippen molar-refractivity contribution in [2.75, 3.05) is 11.9 Å². The highest BCUT2D eigenvalue weighted by molar-refractivity contribution is 5.54. The third kappa shape index (κ3) is 5.64. The molecule has 1 aromatic carbocycles. The fraction of sp³-hybridized carbons (Fsp3) is 0.412. The molecule has 0 aliphatic carbocycles. The van der Waals surface area contributed by atoms with Gasteiger partial charge in [-0.3, -0.25) is 0 Å². The van der Waals surface area contributed by atoms with Crippen molar-refractivity contribution in [1.29, 1.82) is 0 Å². The molecule has 0 saturated heterocycles. The van der Waals surface area contributed by atoms with Gasteiger partial charge in [-0.2, -0.15) is 0 Å². The first-order valence-electron chi connectivity index (χ1n) is 7.03. The van der Waals surface area contributed by atoms with Gasteiger partial charge in [-0.15, -0.1) is 0 Å². The van der Waals surface area contributed by atoms with Crippen LogP contribution in [0.4, 0.5) is 5.69 Å². The Morgan fingerprint density at radius 2 is 1.95 bits per heavy atom. The van der Waals surface area contributed by atoms with Crippen molar-refractivity contribution in [3.8, 4) is 5.75 Å². The van der Waals surface area contributed by atoms with Crippen molar-refractivity contribution in [2.45, 2.75) is 40.0 Å². The maximum Gasteiger partial charge on any atom is 0.119 e. The highest BCUT2D eigenvalue weighted by Crippen LogP contribution is 2.19. The highest BCUT2D eigenvalue weighted by Gasteiger charge is 1.99. The molecule has 0 saturated carbocycles. The number of rotatable bonds is 8. The van der Waals surface area contributed by atoms with E-state index >= 15 is 0 Å². The van der Waals surface area contributed by atoms with Crippen molar-refractivity contribution in [1.82, 2.24) is 0 Å². The third-order valence-corrected chi connectivity index (χ3v) is 2.77. The maximum absolute atomic E-state index is 5.64. The summed E-state index contributed by atoms with van der Waals surface area (Å²) in [5.74, 6) is 0.926. The molecule has 0 aromatic heterocycles. The van der Waals surface area contributed by atoms with Gasteiger partial charge >= 0.3 is 0 Å². The lowest BCUT2D eigenvalue weighted by atomic mass is 10.2. The Morgan fingerprint density at radius 3 is 2.47 bits per heavy atom. The van der Waals surface area contributed by atoms with Crippen LogP contribution in [0.15, 0.2) is 48.2 Å². The van der Waals surface area contributed by atoms with E-state index < -0.39 is 0 Å². The lowest BCUT2D eigenvalue weighted by Crippen LogP contribution is -2.01. The van der Waals surface area contributed by atoms with Crippen LogP contribution in [0, 0.1) is 0 Å². The fourth-order valence-corrected chi connectivity index (χ4v) is 1.66. The van der Waals surface area contributed by atoms with Gasteiger partial charge in [0.1, 0.15) is 5.75 Å². The van der Waals surface area contributed by atoms with Crippen molar-refractivity contribution < 1.29 is 4.74 Å². The second-order valence-corrected chi connectivity index (χ2v) is 4.66. The molecule has 1 aromatic rings. The van der Waals surface area contributed by atoms with E-state index in [1.165, 1.54) is 0 Å². The van der Waals surface area contributed by atoms with Crippen LogP contribution in [0.25, 0.3) is 0 Å². The number of ether oxygens (including phenoxy) is 1. The summed E-state index contributed by atoms with van der Waals surface area (Å²) < 4.78 is 5.64. The summed E-state index contributed by atoms with van der Waals surface area (Å²) in [5, 5.41) is 3.38. The zero-order chi connectivity index (χ0) is 14.1. The van der Waals surface area contributed by atoms with Crippen LogP contribution in [0.2, 0.25) is 0 Å². The van der Waals surface area contributed by atoms with Crippen molar-refractivity contribution in [3.63, 3.8) is 0 Å². The molecule has 0 unspecified atom stereocenters. The Bertz CT molecular complexity index is 417. The molecule has 0 spiro atoms. The first-order valence-corrected chi connectivity index (χ1v) is 7.03. The van der Waals surface area contributed by atoms with E-state index in [1.807, 2.05) is 31.2 Å². The van der Waals surface area contributed by atoms with Crippen LogP contribution < -0.4 is 10.1 Å². The monoisotopic (exact) mass is 259 g/mol. The first-order chi connectivity index (χ1) is 9.17. The Labute approximate surface area is 117 Å². The molecule has 0 amide bonds. The lowest BCUT2D eigenvalue weighted by molar-refractivity contribution is 0.309. The van der Waals surface area contributed by atoms with Crippen molar-refractivity contribution >= 4 is 5.69 Å². The summed E-state index contributed by atoms with van der Waals surface area (Å²) in [4.78, 5) is 0. The second kappa shape index (κ2) is 8.41. The predicted octanol–water partition coefficient (Wildman–Crippen LogP) is 5.15. The fourth-order valence-electron chi connectivity index (χ4n) is 1.66. The Balaban J connectivity index is 2.60. The van der Waals surface area contributed by atoms with Crippen LogP contribution in [0.5, 0.6) is 5.75 Å². The highest BCUT2D eigenvalue weighted by atomic mass is 16.5. The topological polar surface area (TPSA) is 21.3 Å². The molecule has 0 aliphatic rings. The molecule has 0 radical (unpaired) electrons. The number of allylic oxidation sites excluding steroid dienone is 2. The molecule has 2 heteroatoms. The molecule has 0 heterocycles. The second-order valence-electron chi connectivity index (χ2n) is 4.66. The summed E-state index contributed by atoms with van der Waals surface area (Å²) in [6.45, 7) is 11.1. The molecular formula is C17H25NO. The van der Waals surface area contributed by atoms with E-state index in [0.717, 1.165) is 48.6 Å². The van der Waals surface area contributed by atoms with Gasteiger partial charge in [0, 0.05) is 11.4 Å². The summed E-state index contributed by atoms with van der Waals surface area (Å²) >= 11 is 0. The molecule has 1 N–H and O–H groups in total.